The monoisotopic (exact) mass is 673 g/mol. The average molecular weight is 674 g/mol. The highest BCUT2D eigenvalue weighted by atomic mass is 16.7. The number of carbonyl (C=O) groups is 2. The number of rotatable bonds is 5. The molecule has 2 saturated heterocycles. The van der Waals surface area contributed by atoms with Crippen molar-refractivity contribution in [1.82, 2.24) is 4.90 Å². The lowest BCUT2D eigenvalue weighted by atomic mass is 9.46. The highest BCUT2D eigenvalue weighted by Crippen LogP contribution is 2.87. The van der Waals surface area contributed by atoms with Crippen molar-refractivity contribution < 1.29 is 38.4 Å². The maximum absolute atomic E-state index is 12.8. The molecule has 0 aromatic rings. The molecule has 48 heavy (non-hydrogen) atoms. The van der Waals surface area contributed by atoms with Gasteiger partial charge in [0.05, 0.1) is 37.1 Å². The molecule has 2 aliphatic heterocycles. The van der Waals surface area contributed by atoms with Crippen LogP contribution in [-0.4, -0.2) is 83.7 Å². The molecule has 5 saturated carbocycles. The van der Waals surface area contributed by atoms with Gasteiger partial charge in [0.15, 0.2) is 12.4 Å². The summed E-state index contributed by atoms with van der Waals surface area (Å²) in [5.41, 5.74) is -0.558. The summed E-state index contributed by atoms with van der Waals surface area (Å²) in [6, 6.07) is 0. The summed E-state index contributed by atoms with van der Waals surface area (Å²) in [6.07, 6.45) is 10.3. The van der Waals surface area contributed by atoms with E-state index >= 15 is 0 Å². The van der Waals surface area contributed by atoms with E-state index in [0.717, 1.165) is 31.6 Å². The Labute approximate surface area is 288 Å². The second-order valence-corrected chi connectivity index (χ2v) is 19.4. The molecule has 5 aliphatic carbocycles. The molecule has 0 radical (unpaired) electrons. The van der Waals surface area contributed by atoms with Crippen LogP contribution in [-0.2, 0) is 28.5 Å². The fraction of sp³-hybridized carbons (Fsp3) is 0.949. The summed E-state index contributed by atoms with van der Waals surface area (Å²) in [4.78, 5) is 26.5. The number of amides is 1. The van der Waals surface area contributed by atoms with Crippen molar-refractivity contribution in [3.63, 3.8) is 0 Å². The van der Waals surface area contributed by atoms with Gasteiger partial charge in [0, 0.05) is 13.5 Å². The minimum Gasteiger partial charge on any atom is -0.457 e. The van der Waals surface area contributed by atoms with Crippen LogP contribution in [0.5, 0.6) is 0 Å². The third-order valence-corrected chi connectivity index (χ3v) is 14.9. The fourth-order valence-corrected chi connectivity index (χ4v) is 12.9. The van der Waals surface area contributed by atoms with Crippen LogP contribution >= 0.6 is 0 Å². The Morgan fingerprint density at radius 3 is 2.33 bits per heavy atom. The molecule has 9 nitrogen and oxygen atoms in total. The second-order valence-electron chi connectivity index (χ2n) is 19.4. The van der Waals surface area contributed by atoms with Crippen LogP contribution in [0, 0.1) is 45.3 Å². The number of esters is 1. The van der Waals surface area contributed by atoms with Crippen molar-refractivity contribution in [2.75, 3.05) is 19.7 Å². The summed E-state index contributed by atoms with van der Waals surface area (Å²) in [5, 5.41) is 10.9. The average Bonchev–Trinajstić information content (AvgIpc) is 3.56. The first-order valence-electron chi connectivity index (χ1n) is 19.1. The van der Waals surface area contributed by atoms with E-state index in [-0.39, 0.29) is 41.2 Å². The van der Waals surface area contributed by atoms with Gasteiger partial charge >= 0.3 is 12.1 Å². The van der Waals surface area contributed by atoms with Crippen LogP contribution in [0.2, 0.25) is 0 Å². The molecule has 7 rings (SSSR count). The minimum atomic E-state index is -1.16. The number of morpholine rings is 1. The topological polar surface area (TPSA) is 104 Å². The molecule has 2 heterocycles. The lowest BCUT2D eigenvalue weighted by Gasteiger charge is -2.60. The van der Waals surface area contributed by atoms with Crippen LogP contribution in [0.1, 0.15) is 127 Å². The predicted octanol–water partition coefficient (Wildman–Crippen LogP) is 6.87. The zero-order valence-corrected chi connectivity index (χ0v) is 31.1. The van der Waals surface area contributed by atoms with Gasteiger partial charge < -0.3 is 33.7 Å². The van der Waals surface area contributed by atoms with Crippen LogP contribution in [0.15, 0.2) is 0 Å². The van der Waals surface area contributed by atoms with Gasteiger partial charge in [-0.1, -0.05) is 20.8 Å². The smallest absolute Gasteiger partial charge is 0.410 e. The molecular formula is C39H63NO8. The van der Waals surface area contributed by atoms with Gasteiger partial charge in [-0.25, -0.2) is 4.79 Å². The van der Waals surface area contributed by atoms with Gasteiger partial charge in [0.25, 0.3) is 0 Å². The zero-order chi connectivity index (χ0) is 34.7. The number of hydrogen-bond donors (Lipinski definition) is 1. The molecule has 7 aliphatic rings. The summed E-state index contributed by atoms with van der Waals surface area (Å²) < 4.78 is 31.0. The largest absolute Gasteiger partial charge is 0.457 e. The number of ether oxygens (including phenoxy) is 5. The first-order valence-corrected chi connectivity index (χ1v) is 19.1. The molecule has 0 aromatic carbocycles. The third-order valence-electron chi connectivity index (χ3n) is 14.9. The Morgan fingerprint density at radius 2 is 1.65 bits per heavy atom. The maximum Gasteiger partial charge on any atom is 0.410 e. The van der Waals surface area contributed by atoms with Crippen LogP contribution in [0.4, 0.5) is 4.79 Å². The molecule has 272 valence electrons. The summed E-state index contributed by atoms with van der Waals surface area (Å²) >= 11 is 0. The van der Waals surface area contributed by atoms with Crippen molar-refractivity contribution in [1.29, 1.82) is 0 Å². The first-order chi connectivity index (χ1) is 22.3. The Bertz CT molecular complexity index is 1270. The molecule has 9 heteroatoms. The minimum absolute atomic E-state index is 0.0217. The number of nitrogens with zero attached hydrogens (tertiary/aromatic N) is 1. The number of aliphatic hydroxyl groups is 1. The van der Waals surface area contributed by atoms with Crippen molar-refractivity contribution in [3.8, 4) is 0 Å². The van der Waals surface area contributed by atoms with E-state index < -0.39 is 23.6 Å². The van der Waals surface area contributed by atoms with E-state index in [1.54, 1.807) is 18.7 Å². The molecule has 1 amide bonds. The molecule has 0 bridgehead atoms. The number of carbonyl (C=O) groups excluding carboxylic acids is 2. The van der Waals surface area contributed by atoms with Gasteiger partial charge in [0.2, 0.25) is 0 Å². The van der Waals surface area contributed by atoms with E-state index in [9.17, 15) is 14.7 Å². The van der Waals surface area contributed by atoms with Crippen LogP contribution in [0.25, 0.3) is 0 Å². The zero-order valence-electron chi connectivity index (χ0n) is 31.1. The van der Waals surface area contributed by atoms with E-state index in [1.165, 1.54) is 45.4 Å². The lowest BCUT2D eigenvalue weighted by Crippen LogP contribution is -2.56. The molecular weight excluding hydrogens is 610 g/mol. The molecule has 2 spiro atoms. The maximum atomic E-state index is 12.8. The van der Waals surface area contributed by atoms with Crippen LogP contribution < -0.4 is 0 Å². The number of fused-ring (bicyclic) bond motifs is 4. The molecule has 8 unspecified atom stereocenters. The van der Waals surface area contributed by atoms with Gasteiger partial charge in [-0.15, -0.1) is 0 Å². The van der Waals surface area contributed by atoms with Gasteiger partial charge in [-0.2, -0.15) is 0 Å². The summed E-state index contributed by atoms with van der Waals surface area (Å²) in [5.74, 6) is 2.17. The Balaban J connectivity index is 1.03. The molecule has 1 N–H and O–H groups in total. The summed E-state index contributed by atoms with van der Waals surface area (Å²) in [6.45, 7) is 19.4. The quantitative estimate of drug-likeness (QED) is 0.316. The van der Waals surface area contributed by atoms with Gasteiger partial charge in [-0.3, -0.25) is 4.79 Å². The van der Waals surface area contributed by atoms with E-state index in [0.29, 0.717) is 48.3 Å². The standard InChI is InChI=1S/C39H63NO8/c1-23(41)45-32(36(7,8)43)27-12-10-25-28(46-27)20-26-24-11-13-29-35(5,6)30(14-15-39(29)22-38(24,39)17-16-37(25,26)9)47-31-21-40(18-19-44-31)33(42)48-34(2,3)4/h24-32,43H,10-22H2,1-9H3/t24?,25?,26?,27?,28?,29?,30-,31?,32-,37+,38?,39+/m0/s1. The van der Waals surface area contributed by atoms with E-state index in [1.807, 2.05) is 20.8 Å². The van der Waals surface area contributed by atoms with Crippen molar-refractivity contribution in [3.05, 3.63) is 0 Å². The Kier molecular flexibility index (Phi) is 8.42. The van der Waals surface area contributed by atoms with Gasteiger partial charge in [-0.05, 0) is 144 Å². The van der Waals surface area contributed by atoms with E-state index in [2.05, 4.69) is 20.8 Å². The molecule has 12 atom stereocenters. The Morgan fingerprint density at radius 1 is 0.917 bits per heavy atom. The lowest BCUT2D eigenvalue weighted by molar-refractivity contribution is -0.243. The van der Waals surface area contributed by atoms with Crippen LogP contribution in [0.3, 0.4) is 0 Å². The highest BCUT2D eigenvalue weighted by molar-refractivity contribution is 5.68. The van der Waals surface area contributed by atoms with Crippen molar-refractivity contribution in [2.24, 2.45) is 45.3 Å². The second kappa shape index (κ2) is 11.5. The normalized spacial score (nSPS) is 45.4. The number of hydrogen-bond acceptors (Lipinski definition) is 8. The fourth-order valence-electron chi connectivity index (χ4n) is 12.9. The van der Waals surface area contributed by atoms with Gasteiger partial charge in [0.1, 0.15) is 5.60 Å². The van der Waals surface area contributed by atoms with Crippen molar-refractivity contribution in [2.45, 2.75) is 168 Å². The summed E-state index contributed by atoms with van der Waals surface area (Å²) in [7, 11) is 0. The first kappa shape index (κ1) is 35.0. The Hall–Kier alpha value is -1.42. The molecule has 7 fully saturated rings. The SMILES string of the molecule is CC(=O)O[C@@H](C1CCC2C(CC3C4CCC5C(C)(C)[C@@H](OC6CN(C(=O)OC(C)(C)C)CCO6)CC[C@@]56CC46CC[C@]23C)O1)C(C)(C)O. The third kappa shape index (κ3) is 5.54. The van der Waals surface area contributed by atoms with Crippen molar-refractivity contribution >= 4 is 12.1 Å². The molecule has 0 aromatic heterocycles. The predicted molar refractivity (Wildman–Crippen MR) is 180 cm³/mol. The van der Waals surface area contributed by atoms with E-state index in [4.69, 9.17) is 23.7 Å². The highest BCUT2D eigenvalue weighted by Gasteiger charge is 2.80.